The monoisotopic (exact) mass is 956 g/mol. The molecule has 0 unspecified atom stereocenters. The fourth-order valence-electron chi connectivity index (χ4n) is 11.3. The molecule has 0 aliphatic rings. The van der Waals surface area contributed by atoms with E-state index in [2.05, 4.69) is 282 Å². The summed E-state index contributed by atoms with van der Waals surface area (Å²) >= 11 is 0. The quantitative estimate of drug-likeness (QED) is 0.152. The van der Waals surface area contributed by atoms with E-state index < -0.39 is 0 Å². The Kier molecular flexibility index (Phi) is 10.6. The Morgan fingerprint density at radius 1 is 0.284 bits per heavy atom. The first-order chi connectivity index (χ1) is 35.9. The highest BCUT2D eigenvalue weighted by Crippen LogP contribution is 2.48. The van der Waals surface area contributed by atoms with Crippen molar-refractivity contribution >= 4 is 99.5 Å². The van der Waals surface area contributed by atoms with Crippen LogP contribution in [0.5, 0.6) is 0 Å². The number of hydrogen-bond donors (Lipinski definition) is 0. The van der Waals surface area contributed by atoms with Crippen molar-refractivity contribution in [2.24, 2.45) is 0 Å². The van der Waals surface area contributed by atoms with Crippen molar-refractivity contribution in [1.29, 1.82) is 0 Å². The van der Waals surface area contributed by atoms with Crippen molar-refractivity contribution in [1.82, 2.24) is 0 Å². The summed E-state index contributed by atoms with van der Waals surface area (Å²) in [5.74, 6) is 0. The first-order valence-electron chi connectivity index (χ1n) is 25.7. The van der Waals surface area contributed by atoms with Crippen molar-refractivity contribution in [2.45, 2.75) is 52.4 Å². The summed E-state index contributed by atoms with van der Waals surface area (Å²) in [7, 11) is 0. The Hall–Kier alpha value is -8.86. The Labute approximate surface area is 432 Å². The Balaban J connectivity index is 0.922. The Bertz CT molecular complexity index is 4010. The summed E-state index contributed by atoms with van der Waals surface area (Å²) in [5.41, 5.74) is 17.1. The second-order valence-corrected chi connectivity index (χ2v) is 21.8. The summed E-state index contributed by atoms with van der Waals surface area (Å²) in [6.45, 7) is 13.7. The van der Waals surface area contributed by atoms with Crippen molar-refractivity contribution in [2.75, 3.05) is 9.80 Å². The first-order valence-corrected chi connectivity index (χ1v) is 25.7. The average Bonchev–Trinajstić information content (AvgIpc) is 3.95. The molecule has 2 heterocycles. The van der Waals surface area contributed by atoms with Gasteiger partial charge in [-0.2, -0.15) is 0 Å². The predicted molar refractivity (Wildman–Crippen MR) is 314 cm³/mol. The molecule has 0 aliphatic heterocycles. The standard InChI is InChI=1S/C70H56N2O2/c1-69(2,3)59-27-15-19-31-63(59)71(61-29-17-13-25-53(61)45-21-9-7-10-22-45)51-35-33-47-39-55-57-43-58-56-40-48-34-36-52(38-50(48)42-66(56)74-68(58)44-67(57)73-65(55)41-49(47)37-51)72(64-32-20-16-28-60(64)70(4,5)6)62-30-18-14-26-54(62)46-23-11-8-12-24-46/h7-44H,1-6H3. The normalized spacial score (nSPS) is 12.2. The minimum Gasteiger partial charge on any atom is -0.456 e. The topological polar surface area (TPSA) is 32.8 Å². The highest BCUT2D eigenvalue weighted by atomic mass is 16.3. The highest BCUT2D eigenvalue weighted by Gasteiger charge is 2.27. The summed E-state index contributed by atoms with van der Waals surface area (Å²) in [6, 6.07) is 83.5. The van der Waals surface area contributed by atoms with E-state index in [4.69, 9.17) is 8.83 Å². The fourth-order valence-corrected chi connectivity index (χ4v) is 11.3. The van der Waals surface area contributed by atoms with Gasteiger partial charge in [0.2, 0.25) is 0 Å². The van der Waals surface area contributed by atoms with E-state index in [0.29, 0.717) is 0 Å². The van der Waals surface area contributed by atoms with Gasteiger partial charge in [-0.15, -0.1) is 0 Å². The molecule has 0 bridgehead atoms. The van der Waals surface area contributed by atoms with Crippen LogP contribution >= 0.6 is 0 Å². The number of nitrogens with zero attached hydrogens (tertiary/aromatic N) is 2. The zero-order chi connectivity index (χ0) is 50.3. The smallest absolute Gasteiger partial charge is 0.139 e. The number of anilines is 6. The second kappa shape index (κ2) is 17.4. The van der Waals surface area contributed by atoms with E-state index in [1.165, 1.54) is 33.4 Å². The number of hydrogen-bond acceptors (Lipinski definition) is 4. The third kappa shape index (κ3) is 7.77. The maximum atomic E-state index is 6.77. The molecule has 0 radical (unpaired) electrons. The molecule has 0 spiro atoms. The van der Waals surface area contributed by atoms with Gasteiger partial charge in [0.05, 0.1) is 11.4 Å². The van der Waals surface area contributed by atoms with Crippen LogP contribution in [0.25, 0.3) is 87.7 Å². The number of benzene rings is 11. The van der Waals surface area contributed by atoms with Gasteiger partial charge in [-0.05, 0) is 133 Å². The van der Waals surface area contributed by atoms with Gasteiger partial charge in [-0.1, -0.05) is 187 Å². The Morgan fingerprint density at radius 2 is 0.635 bits per heavy atom. The Morgan fingerprint density at radius 3 is 1.05 bits per heavy atom. The molecule has 0 saturated carbocycles. The summed E-state index contributed by atoms with van der Waals surface area (Å²) in [5, 5.41) is 8.80. The number of fused-ring (bicyclic) bond motifs is 8. The molecular formula is C70H56N2O2. The first kappa shape index (κ1) is 45.0. The molecule has 0 saturated heterocycles. The largest absolute Gasteiger partial charge is 0.456 e. The number of rotatable bonds is 8. The van der Waals surface area contributed by atoms with E-state index in [-0.39, 0.29) is 10.8 Å². The van der Waals surface area contributed by atoms with Gasteiger partial charge in [0, 0.05) is 61.5 Å². The van der Waals surface area contributed by atoms with Crippen molar-refractivity contribution in [3.05, 3.63) is 242 Å². The lowest BCUT2D eigenvalue weighted by atomic mass is 9.85. The lowest BCUT2D eigenvalue weighted by Gasteiger charge is -2.33. The molecule has 0 N–H and O–H groups in total. The van der Waals surface area contributed by atoms with Crippen LogP contribution in [0.3, 0.4) is 0 Å². The molecule has 0 fully saturated rings. The van der Waals surface area contributed by atoms with Gasteiger partial charge in [-0.25, -0.2) is 0 Å². The summed E-state index contributed by atoms with van der Waals surface area (Å²) < 4.78 is 13.5. The van der Waals surface area contributed by atoms with Gasteiger partial charge >= 0.3 is 0 Å². The zero-order valence-corrected chi connectivity index (χ0v) is 42.7. The van der Waals surface area contributed by atoms with Crippen LogP contribution in [-0.2, 0) is 10.8 Å². The third-order valence-electron chi connectivity index (χ3n) is 14.8. The molecule has 13 aromatic rings. The van der Waals surface area contributed by atoms with Crippen LogP contribution in [0, 0.1) is 0 Å². The lowest BCUT2D eigenvalue weighted by Crippen LogP contribution is -2.19. The van der Waals surface area contributed by atoms with Crippen LogP contribution in [0.4, 0.5) is 34.1 Å². The van der Waals surface area contributed by atoms with Gasteiger partial charge < -0.3 is 18.6 Å². The molecule has 358 valence electrons. The van der Waals surface area contributed by atoms with E-state index in [0.717, 1.165) is 99.5 Å². The SMILES string of the molecule is CC(C)(C)c1ccccc1N(c1ccc2cc3c(cc2c1)oc1cc2oc4cc5cc(N(c6ccccc6-c6ccccc6)c6ccccc6C(C)(C)C)ccc5cc4c2cc13)c1ccccc1-c1ccccc1. The fraction of sp³-hybridized carbons (Fsp3) is 0.114. The predicted octanol–water partition coefficient (Wildman–Crippen LogP) is 20.7. The van der Waals surface area contributed by atoms with Crippen LogP contribution in [0.15, 0.2) is 239 Å². The zero-order valence-electron chi connectivity index (χ0n) is 42.7. The van der Waals surface area contributed by atoms with Crippen LogP contribution in [0.1, 0.15) is 52.7 Å². The second-order valence-electron chi connectivity index (χ2n) is 21.8. The van der Waals surface area contributed by atoms with E-state index in [1.807, 2.05) is 0 Å². The summed E-state index contributed by atoms with van der Waals surface area (Å²) in [6.07, 6.45) is 0. The molecule has 13 rings (SSSR count). The van der Waals surface area contributed by atoms with Crippen LogP contribution < -0.4 is 9.80 Å². The van der Waals surface area contributed by atoms with Crippen LogP contribution in [-0.4, -0.2) is 0 Å². The molecule has 4 nitrogen and oxygen atoms in total. The van der Waals surface area contributed by atoms with E-state index in [1.54, 1.807) is 0 Å². The minimum atomic E-state index is -0.0908. The van der Waals surface area contributed by atoms with Gasteiger partial charge in [0.25, 0.3) is 0 Å². The van der Waals surface area contributed by atoms with E-state index >= 15 is 0 Å². The van der Waals surface area contributed by atoms with Crippen molar-refractivity contribution in [3.63, 3.8) is 0 Å². The molecule has 0 atom stereocenters. The number of furan rings is 2. The molecule has 4 heteroatoms. The van der Waals surface area contributed by atoms with Crippen molar-refractivity contribution < 1.29 is 8.83 Å². The molecule has 2 aromatic heterocycles. The summed E-state index contributed by atoms with van der Waals surface area (Å²) in [4.78, 5) is 4.87. The lowest BCUT2D eigenvalue weighted by molar-refractivity contribution is 0.590. The third-order valence-corrected chi connectivity index (χ3v) is 14.8. The van der Waals surface area contributed by atoms with Gasteiger partial charge in [0.15, 0.2) is 0 Å². The highest BCUT2D eigenvalue weighted by molar-refractivity contribution is 6.18. The maximum Gasteiger partial charge on any atom is 0.139 e. The molecule has 74 heavy (non-hydrogen) atoms. The molecule has 0 amide bonds. The average molecular weight is 957 g/mol. The van der Waals surface area contributed by atoms with Gasteiger partial charge in [-0.3, -0.25) is 0 Å². The molecule has 0 aliphatic carbocycles. The molecular weight excluding hydrogens is 901 g/mol. The van der Waals surface area contributed by atoms with Crippen LogP contribution in [0.2, 0.25) is 0 Å². The van der Waals surface area contributed by atoms with Gasteiger partial charge in [0.1, 0.15) is 22.3 Å². The maximum absolute atomic E-state index is 6.77. The number of para-hydroxylation sites is 4. The minimum absolute atomic E-state index is 0.0908. The molecule has 11 aromatic carbocycles. The van der Waals surface area contributed by atoms with Crippen molar-refractivity contribution in [3.8, 4) is 22.3 Å². The van der Waals surface area contributed by atoms with E-state index in [9.17, 15) is 0 Å².